The average molecular weight is 625 g/mol. The van der Waals surface area contributed by atoms with Gasteiger partial charge in [0.25, 0.3) is 0 Å². The predicted octanol–water partition coefficient (Wildman–Crippen LogP) is 10.6. The smallest absolute Gasteiger partial charge is 0.333 e. The first-order valence-corrected chi connectivity index (χ1v) is 17.0. The maximum atomic E-state index is 6.74. The molecule has 0 atom stereocenters. The van der Waals surface area contributed by atoms with E-state index in [2.05, 4.69) is 174 Å². The van der Waals surface area contributed by atoms with E-state index >= 15 is 0 Å². The van der Waals surface area contributed by atoms with Crippen molar-refractivity contribution in [2.24, 2.45) is 0 Å². The van der Waals surface area contributed by atoms with E-state index in [4.69, 9.17) is 4.42 Å². The molecule has 2 aliphatic heterocycles. The van der Waals surface area contributed by atoms with Crippen LogP contribution in [0.5, 0.6) is 0 Å². The molecule has 0 fully saturated rings. The number of fused-ring (bicyclic) bond motifs is 8. The van der Waals surface area contributed by atoms with E-state index in [9.17, 15) is 0 Å². The lowest BCUT2D eigenvalue weighted by Crippen LogP contribution is -2.56. The Morgan fingerprint density at radius 1 is 0.551 bits per heavy atom. The van der Waals surface area contributed by atoms with E-state index in [1.54, 1.807) is 0 Å². The second-order valence-corrected chi connectivity index (χ2v) is 13.3. The first-order chi connectivity index (χ1) is 24.3. The Kier molecular flexibility index (Phi) is 5.40. The molecule has 9 aromatic rings. The zero-order valence-electron chi connectivity index (χ0n) is 26.9. The molecule has 4 heteroatoms. The quantitative estimate of drug-likeness (QED) is 0.183. The molecule has 2 aliphatic rings. The van der Waals surface area contributed by atoms with Crippen LogP contribution in [-0.2, 0) is 0 Å². The van der Waals surface area contributed by atoms with Crippen LogP contribution < -0.4 is 15.8 Å². The molecule has 2 aromatic heterocycles. The lowest BCUT2D eigenvalue weighted by atomic mass is 9.45. The molecular formula is C45H29BN2O. The highest BCUT2D eigenvalue weighted by Gasteiger charge is 2.44. The molecule has 0 aliphatic carbocycles. The fourth-order valence-electron chi connectivity index (χ4n) is 8.78. The lowest BCUT2D eigenvalue weighted by molar-refractivity contribution is 0.669. The summed E-state index contributed by atoms with van der Waals surface area (Å²) in [6.07, 6.45) is 0. The van der Waals surface area contributed by atoms with Crippen molar-refractivity contribution < 1.29 is 4.42 Å². The van der Waals surface area contributed by atoms with Gasteiger partial charge in [0, 0.05) is 55.6 Å². The molecular weight excluding hydrogens is 595 g/mol. The Hall–Kier alpha value is -6.26. The van der Waals surface area contributed by atoms with Crippen molar-refractivity contribution in [3.8, 4) is 33.5 Å². The molecule has 0 saturated carbocycles. The third-order valence-corrected chi connectivity index (χ3v) is 10.7. The predicted molar refractivity (Wildman–Crippen MR) is 205 cm³/mol. The monoisotopic (exact) mass is 624 g/mol. The molecule has 0 bridgehead atoms. The maximum absolute atomic E-state index is 6.74. The number of aryl methyl sites for hydroxylation is 1. The van der Waals surface area contributed by atoms with Crippen LogP contribution in [0.25, 0.3) is 66.4 Å². The third kappa shape index (κ3) is 3.53. The van der Waals surface area contributed by atoms with E-state index in [-0.39, 0.29) is 6.85 Å². The van der Waals surface area contributed by atoms with Crippen molar-refractivity contribution in [3.05, 3.63) is 163 Å². The van der Waals surface area contributed by atoms with Gasteiger partial charge in [0.15, 0.2) is 0 Å². The van der Waals surface area contributed by atoms with Crippen LogP contribution in [0.1, 0.15) is 5.56 Å². The van der Waals surface area contributed by atoms with Gasteiger partial charge in [-0.3, -0.25) is 0 Å². The molecule has 0 N–H and O–H groups in total. The first-order valence-electron chi connectivity index (χ1n) is 17.0. The summed E-state index contributed by atoms with van der Waals surface area (Å²) in [6, 6.07) is 57.3. The molecule has 0 radical (unpaired) electrons. The van der Waals surface area contributed by atoms with Gasteiger partial charge < -0.3 is 13.8 Å². The van der Waals surface area contributed by atoms with Crippen LogP contribution in [0.4, 0.5) is 17.1 Å². The number of para-hydroxylation sites is 3. The van der Waals surface area contributed by atoms with E-state index in [1.165, 1.54) is 77.7 Å². The van der Waals surface area contributed by atoms with Gasteiger partial charge in [-0.15, -0.1) is 0 Å². The van der Waals surface area contributed by atoms with Crippen LogP contribution >= 0.6 is 0 Å². The highest BCUT2D eigenvalue weighted by atomic mass is 16.3. The van der Waals surface area contributed by atoms with E-state index in [1.807, 2.05) is 0 Å². The van der Waals surface area contributed by atoms with Gasteiger partial charge in [-0.05, 0) is 76.5 Å². The first kappa shape index (κ1) is 26.8. The molecule has 0 amide bonds. The van der Waals surface area contributed by atoms with Gasteiger partial charge >= 0.3 is 6.85 Å². The highest BCUT2D eigenvalue weighted by Crippen LogP contribution is 2.53. The number of rotatable bonds is 3. The van der Waals surface area contributed by atoms with E-state index in [0.717, 1.165) is 22.2 Å². The van der Waals surface area contributed by atoms with Crippen molar-refractivity contribution in [1.29, 1.82) is 0 Å². The van der Waals surface area contributed by atoms with Gasteiger partial charge in [-0.1, -0.05) is 121 Å². The van der Waals surface area contributed by atoms with Crippen molar-refractivity contribution in [2.45, 2.75) is 6.92 Å². The fourth-order valence-corrected chi connectivity index (χ4v) is 8.78. The van der Waals surface area contributed by atoms with Gasteiger partial charge in [0.1, 0.15) is 11.2 Å². The highest BCUT2D eigenvalue weighted by molar-refractivity contribution is 6.90. The van der Waals surface area contributed by atoms with Crippen molar-refractivity contribution in [2.75, 3.05) is 4.90 Å². The Morgan fingerprint density at radius 3 is 2.10 bits per heavy atom. The van der Waals surface area contributed by atoms with Crippen LogP contribution in [0.15, 0.2) is 162 Å². The molecule has 3 nitrogen and oxygen atoms in total. The summed E-state index contributed by atoms with van der Waals surface area (Å²) in [6.45, 7) is 2.20. The second-order valence-electron chi connectivity index (χ2n) is 13.3. The number of aromatic nitrogens is 1. The van der Waals surface area contributed by atoms with Crippen LogP contribution in [0, 0.1) is 6.92 Å². The van der Waals surface area contributed by atoms with Crippen molar-refractivity contribution in [1.82, 2.24) is 4.48 Å². The normalized spacial score (nSPS) is 12.9. The summed E-state index contributed by atoms with van der Waals surface area (Å²) in [4.78, 5) is 2.44. The average Bonchev–Trinajstić information content (AvgIpc) is 3.70. The number of nitrogens with zero attached hydrogens (tertiary/aromatic N) is 2. The van der Waals surface area contributed by atoms with E-state index < -0.39 is 0 Å². The lowest BCUT2D eigenvalue weighted by Gasteiger charge is -2.40. The minimum Gasteiger partial charge on any atom is -0.456 e. The van der Waals surface area contributed by atoms with Gasteiger partial charge in [-0.2, -0.15) is 0 Å². The van der Waals surface area contributed by atoms with Gasteiger partial charge in [0.2, 0.25) is 0 Å². The summed E-state index contributed by atoms with van der Waals surface area (Å²) >= 11 is 0. The number of anilines is 3. The second kappa shape index (κ2) is 9.88. The summed E-state index contributed by atoms with van der Waals surface area (Å²) in [5.74, 6) is 0. The summed E-state index contributed by atoms with van der Waals surface area (Å²) in [5.41, 5.74) is 17.9. The molecule has 49 heavy (non-hydrogen) atoms. The zero-order valence-corrected chi connectivity index (χ0v) is 26.9. The Bertz CT molecular complexity index is 2790. The van der Waals surface area contributed by atoms with Crippen LogP contribution in [0.3, 0.4) is 0 Å². The maximum Gasteiger partial charge on any atom is 0.333 e. The zero-order chi connectivity index (χ0) is 32.2. The number of hydrogen-bond donors (Lipinski definition) is 0. The number of hydrogen-bond acceptors (Lipinski definition) is 2. The van der Waals surface area contributed by atoms with Crippen LogP contribution in [0.2, 0.25) is 0 Å². The standard InChI is InChI=1S/C45H29BN2O/c1-28-15-8-9-20-31(28)41-42-40-33-21-10-13-26-38(33)49-39(40)27-34-32-22-14-25-37-43(32)46(48(45(34)42)44(41)29-16-4-2-5-17-29)35-23-11-12-24-36(35)47(37)30-18-6-3-7-19-30/h2-27H,1H3. The number of furan rings is 1. The number of benzene rings is 7. The summed E-state index contributed by atoms with van der Waals surface area (Å²) in [5, 5.41) is 3.58. The summed E-state index contributed by atoms with van der Waals surface area (Å²) < 4.78 is 9.42. The third-order valence-electron chi connectivity index (χ3n) is 10.7. The Balaban J connectivity index is 1.41. The SMILES string of the molecule is Cc1ccccc1-c1c(-c2ccccc2)n2c3c(cc4oc5ccccc5c4c13)-c1cccc3c1B2c1ccccc1N3c1ccccc1. The molecule has 7 aromatic carbocycles. The van der Waals surface area contributed by atoms with E-state index in [0.29, 0.717) is 0 Å². The van der Waals surface area contributed by atoms with Crippen LogP contribution in [-0.4, -0.2) is 11.3 Å². The van der Waals surface area contributed by atoms with Crippen molar-refractivity contribution in [3.63, 3.8) is 0 Å². The Morgan fingerprint density at radius 2 is 1.24 bits per heavy atom. The van der Waals surface area contributed by atoms with Crippen molar-refractivity contribution >= 4 is 67.7 Å². The molecule has 0 spiro atoms. The molecule has 4 heterocycles. The molecule has 11 rings (SSSR count). The fraction of sp³-hybridized carbons (Fsp3) is 0.0222. The minimum absolute atomic E-state index is 0.0408. The van der Waals surface area contributed by atoms with Gasteiger partial charge in [0.05, 0.1) is 0 Å². The van der Waals surface area contributed by atoms with Gasteiger partial charge in [-0.25, -0.2) is 0 Å². The molecule has 0 unspecified atom stereocenters. The minimum atomic E-state index is -0.0408. The molecule has 228 valence electrons. The Labute approximate surface area is 284 Å². The largest absolute Gasteiger partial charge is 0.456 e. The molecule has 0 saturated heterocycles. The topological polar surface area (TPSA) is 21.3 Å². The summed E-state index contributed by atoms with van der Waals surface area (Å²) in [7, 11) is 0.